The van der Waals surface area contributed by atoms with Crippen molar-refractivity contribution in [3.05, 3.63) is 102 Å². The van der Waals surface area contributed by atoms with E-state index in [4.69, 9.17) is 4.18 Å². The molecule has 0 saturated heterocycles. The van der Waals surface area contributed by atoms with Crippen LogP contribution in [0.25, 0.3) is 10.8 Å². The van der Waals surface area contributed by atoms with Gasteiger partial charge in [-0.15, -0.1) is 0 Å². The molecule has 1 N–H and O–H groups in total. The number of hydrogen-bond acceptors (Lipinski definition) is 6. The molecule has 0 aromatic heterocycles. The van der Waals surface area contributed by atoms with Gasteiger partial charge in [0.25, 0.3) is 10.0 Å². The molecule has 168 valence electrons. The molecule has 0 amide bonds. The van der Waals surface area contributed by atoms with Crippen molar-refractivity contribution in [1.82, 2.24) is 4.83 Å². The molecule has 0 heterocycles. The van der Waals surface area contributed by atoms with Gasteiger partial charge in [-0.2, -0.15) is 21.9 Å². The summed E-state index contributed by atoms with van der Waals surface area (Å²) in [6, 6.07) is 24.7. The number of benzene rings is 4. The van der Waals surface area contributed by atoms with Crippen molar-refractivity contribution in [2.24, 2.45) is 5.10 Å². The first-order valence-electron chi connectivity index (χ1n) is 9.88. The fraction of sp³-hybridized carbons (Fsp3) is 0.0417. The Morgan fingerprint density at radius 1 is 0.758 bits per heavy atom. The molecule has 0 atom stereocenters. The third kappa shape index (κ3) is 5.39. The lowest BCUT2D eigenvalue weighted by atomic mass is 10.1. The van der Waals surface area contributed by atoms with E-state index in [-0.39, 0.29) is 15.5 Å². The summed E-state index contributed by atoms with van der Waals surface area (Å²) in [5.74, 6) is 0.0773. The van der Waals surface area contributed by atoms with Gasteiger partial charge in [0.05, 0.1) is 11.1 Å². The number of sulfonamides is 1. The van der Waals surface area contributed by atoms with Crippen molar-refractivity contribution in [3.63, 3.8) is 0 Å². The lowest BCUT2D eigenvalue weighted by Crippen LogP contribution is -2.18. The van der Waals surface area contributed by atoms with Gasteiger partial charge in [-0.05, 0) is 59.7 Å². The molecule has 0 aliphatic carbocycles. The van der Waals surface area contributed by atoms with E-state index in [1.54, 1.807) is 36.4 Å². The predicted octanol–water partition coefficient (Wildman–Crippen LogP) is 4.23. The van der Waals surface area contributed by atoms with Crippen molar-refractivity contribution < 1.29 is 21.0 Å². The first kappa shape index (κ1) is 22.5. The van der Waals surface area contributed by atoms with Crippen LogP contribution in [-0.4, -0.2) is 23.1 Å². The molecule has 0 saturated carbocycles. The van der Waals surface area contributed by atoms with Crippen LogP contribution in [0.3, 0.4) is 0 Å². The Morgan fingerprint density at radius 3 is 2.21 bits per heavy atom. The van der Waals surface area contributed by atoms with E-state index >= 15 is 0 Å². The fourth-order valence-corrected chi connectivity index (χ4v) is 4.84. The molecule has 0 radical (unpaired) electrons. The highest BCUT2D eigenvalue weighted by Gasteiger charge is 2.17. The number of aryl methyl sites for hydroxylation is 1. The topological polar surface area (TPSA) is 102 Å². The Morgan fingerprint density at radius 2 is 1.45 bits per heavy atom. The third-order valence-corrected chi connectivity index (χ3v) is 7.27. The average molecular weight is 481 g/mol. The zero-order valence-electron chi connectivity index (χ0n) is 17.5. The quantitative estimate of drug-likeness (QED) is 0.242. The molecule has 4 aromatic carbocycles. The second-order valence-electron chi connectivity index (χ2n) is 7.28. The van der Waals surface area contributed by atoms with Gasteiger partial charge < -0.3 is 4.18 Å². The largest absolute Gasteiger partial charge is 0.379 e. The van der Waals surface area contributed by atoms with Crippen molar-refractivity contribution >= 4 is 37.1 Å². The van der Waals surface area contributed by atoms with Crippen molar-refractivity contribution in [2.75, 3.05) is 0 Å². The molecule has 0 unspecified atom stereocenters. The summed E-state index contributed by atoms with van der Waals surface area (Å²) < 4.78 is 55.4. The van der Waals surface area contributed by atoms with Gasteiger partial charge in [-0.25, -0.2) is 4.83 Å². The molecule has 9 heteroatoms. The molecule has 0 aliphatic rings. The molecule has 0 fully saturated rings. The zero-order chi connectivity index (χ0) is 23.5. The summed E-state index contributed by atoms with van der Waals surface area (Å²) in [5.41, 5.74) is 1.39. The Labute approximate surface area is 192 Å². The number of nitrogens with one attached hydrogen (secondary N) is 1. The van der Waals surface area contributed by atoms with Crippen LogP contribution in [0.1, 0.15) is 11.1 Å². The van der Waals surface area contributed by atoms with E-state index in [2.05, 4.69) is 9.93 Å². The SMILES string of the molecule is Cc1ccc(S(=O)(=O)N/N=C\c2cccc(OS(=O)(=O)c3ccc4ccccc4c3)c2)cc1. The molecule has 33 heavy (non-hydrogen) atoms. The summed E-state index contributed by atoms with van der Waals surface area (Å²) in [5, 5.41) is 5.47. The van der Waals surface area contributed by atoms with E-state index in [9.17, 15) is 16.8 Å². The fourth-order valence-electron chi connectivity index (χ4n) is 3.08. The highest BCUT2D eigenvalue weighted by Crippen LogP contribution is 2.23. The minimum atomic E-state index is -4.06. The van der Waals surface area contributed by atoms with Gasteiger partial charge in [0.2, 0.25) is 0 Å². The zero-order valence-corrected chi connectivity index (χ0v) is 19.2. The van der Waals surface area contributed by atoms with E-state index in [1.807, 2.05) is 31.2 Å². The van der Waals surface area contributed by atoms with Crippen LogP contribution in [0.2, 0.25) is 0 Å². The van der Waals surface area contributed by atoms with Crippen LogP contribution in [-0.2, 0) is 20.1 Å². The first-order valence-corrected chi connectivity index (χ1v) is 12.8. The van der Waals surface area contributed by atoms with Gasteiger partial charge in [-0.3, -0.25) is 0 Å². The first-order chi connectivity index (χ1) is 15.7. The van der Waals surface area contributed by atoms with E-state index < -0.39 is 20.1 Å². The Balaban J connectivity index is 1.49. The number of nitrogens with zero attached hydrogens (tertiary/aromatic N) is 1. The molecular formula is C24H20N2O5S2. The molecule has 7 nitrogen and oxygen atoms in total. The molecule has 0 bridgehead atoms. The van der Waals surface area contributed by atoms with Gasteiger partial charge >= 0.3 is 10.1 Å². The smallest absolute Gasteiger partial charge is 0.339 e. The second-order valence-corrected chi connectivity index (χ2v) is 10.5. The maximum atomic E-state index is 12.7. The summed E-state index contributed by atoms with van der Waals surface area (Å²) >= 11 is 0. The van der Waals surface area contributed by atoms with E-state index in [0.717, 1.165) is 16.3 Å². The number of rotatable bonds is 7. The summed E-state index contributed by atoms with van der Waals surface area (Å²) in [6.45, 7) is 1.86. The number of hydrogen-bond donors (Lipinski definition) is 1. The standard InChI is InChI=1S/C24H20N2O5S2/c1-18-9-12-23(13-10-18)32(27,28)26-25-17-19-5-4-8-22(15-19)31-33(29,30)24-14-11-20-6-2-3-7-21(20)16-24/h2-17,26H,1H3/b25-17-. The molecule has 0 aliphatic heterocycles. The third-order valence-electron chi connectivity index (χ3n) is 4.79. The van der Waals surface area contributed by atoms with Crippen LogP contribution < -0.4 is 9.01 Å². The van der Waals surface area contributed by atoms with Crippen molar-refractivity contribution in [2.45, 2.75) is 16.7 Å². The van der Waals surface area contributed by atoms with Crippen LogP contribution in [0, 0.1) is 6.92 Å². The highest BCUT2D eigenvalue weighted by molar-refractivity contribution is 7.89. The van der Waals surface area contributed by atoms with Crippen LogP contribution >= 0.6 is 0 Å². The summed E-state index contributed by atoms with van der Waals surface area (Å²) in [4.78, 5) is 2.26. The van der Waals surface area contributed by atoms with Crippen molar-refractivity contribution in [1.29, 1.82) is 0 Å². The average Bonchev–Trinajstić information content (AvgIpc) is 2.79. The second kappa shape index (κ2) is 9.05. The van der Waals surface area contributed by atoms with Gasteiger partial charge in [0.15, 0.2) is 0 Å². The Kier molecular flexibility index (Phi) is 6.17. The van der Waals surface area contributed by atoms with E-state index in [0.29, 0.717) is 5.56 Å². The Bertz CT molecular complexity index is 1550. The number of hydrazone groups is 1. The highest BCUT2D eigenvalue weighted by atomic mass is 32.2. The molecule has 0 spiro atoms. The molecule has 4 aromatic rings. The van der Waals surface area contributed by atoms with Crippen LogP contribution in [0.15, 0.2) is 106 Å². The van der Waals surface area contributed by atoms with Gasteiger partial charge in [0, 0.05) is 0 Å². The predicted molar refractivity (Wildman–Crippen MR) is 127 cm³/mol. The minimum Gasteiger partial charge on any atom is -0.379 e. The molecular weight excluding hydrogens is 460 g/mol. The van der Waals surface area contributed by atoms with Crippen LogP contribution in [0.4, 0.5) is 0 Å². The lowest BCUT2D eigenvalue weighted by Gasteiger charge is -2.08. The monoisotopic (exact) mass is 480 g/mol. The van der Waals surface area contributed by atoms with Crippen LogP contribution in [0.5, 0.6) is 5.75 Å². The number of fused-ring (bicyclic) bond motifs is 1. The minimum absolute atomic E-state index is 0.0335. The van der Waals surface area contributed by atoms with Crippen molar-refractivity contribution in [3.8, 4) is 5.75 Å². The maximum Gasteiger partial charge on any atom is 0.339 e. The van der Waals surface area contributed by atoms with E-state index in [1.165, 1.54) is 36.5 Å². The summed E-state index contributed by atoms with van der Waals surface area (Å²) in [7, 11) is -7.88. The van der Waals surface area contributed by atoms with Gasteiger partial charge in [-0.1, -0.05) is 60.2 Å². The Hall–Kier alpha value is -3.69. The van der Waals surface area contributed by atoms with Gasteiger partial charge in [0.1, 0.15) is 10.6 Å². The maximum absolute atomic E-state index is 12.7. The lowest BCUT2D eigenvalue weighted by molar-refractivity contribution is 0.486. The summed E-state index contributed by atoms with van der Waals surface area (Å²) in [6.07, 6.45) is 1.27. The molecule has 4 rings (SSSR count). The normalized spacial score (nSPS) is 12.2.